The lowest BCUT2D eigenvalue weighted by atomic mass is 10.1. The molecule has 0 saturated heterocycles. The Bertz CT molecular complexity index is 417. The van der Waals surface area contributed by atoms with Crippen LogP contribution in [0, 0.1) is 11.6 Å². The first-order valence-corrected chi connectivity index (χ1v) is 6.59. The van der Waals surface area contributed by atoms with Gasteiger partial charge in [-0.15, -0.1) is 0 Å². The number of halogens is 3. The third kappa shape index (κ3) is 4.85. The van der Waals surface area contributed by atoms with E-state index in [1.54, 1.807) is 0 Å². The summed E-state index contributed by atoms with van der Waals surface area (Å²) < 4.78 is 38.8. The van der Waals surface area contributed by atoms with E-state index < -0.39 is 17.2 Å². The van der Waals surface area contributed by atoms with Crippen molar-refractivity contribution in [2.24, 2.45) is 0 Å². The van der Waals surface area contributed by atoms with Crippen LogP contribution in [0.5, 0.6) is 0 Å². The van der Waals surface area contributed by atoms with E-state index in [2.05, 4.69) is 10.6 Å². The summed E-state index contributed by atoms with van der Waals surface area (Å²) in [4.78, 5) is 10.5. The maximum Gasteiger partial charge on any atom is 0.155 e. The average Bonchev–Trinajstić information content (AvgIpc) is 2.42. The second-order valence-corrected chi connectivity index (χ2v) is 4.47. The number of anilines is 1. The summed E-state index contributed by atoms with van der Waals surface area (Å²) in [5.41, 5.74) is -0.283. The Morgan fingerprint density at radius 3 is 2.45 bits per heavy atom. The van der Waals surface area contributed by atoms with Crippen molar-refractivity contribution in [1.29, 1.82) is 0 Å². The fourth-order valence-corrected chi connectivity index (χ4v) is 1.78. The standard InChI is InChI=1S/C14H19F3N2O/c1-2-10(8-18-5-3-4-15)19-11-6-13(16)12(9-20)14(17)7-11/h6-7,9-10,18-19H,2-5,8H2,1H3. The van der Waals surface area contributed by atoms with Crippen LogP contribution in [-0.2, 0) is 0 Å². The molecule has 1 aromatic carbocycles. The minimum absolute atomic E-state index is 0.0320. The third-order valence-electron chi connectivity index (χ3n) is 2.94. The quantitative estimate of drug-likeness (QED) is 0.542. The number of hydrogen-bond donors (Lipinski definition) is 2. The zero-order chi connectivity index (χ0) is 15.0. The first-order valence-electron chi connectivity index (χ1n) is 6.59. The fourth-order valence-electron chi connectivity index (χ4n) is 1.78. The first-order chi connectivity index (χ1) is 9.62. The number of alkyl halides is 1. The lowest BCUT2D eigenvalue weighted by Gasteiger charge is -2.19. The van der Waals surface area contributed by atoms with Crippen LogP contribution >= 0.6 is 0 Å². The van der Waals surface area contributed by atoms with Gasteiger partial charge < -0.3 is 10.6 Å². The van der Waals surface area contributed by atoms with E-state index in [0.717, 1.165) is 18.6 Å². The predicted octanol–water partition coefficient (Wildman–Crippen LogP) is 2.92. The molecule has 1 rings (SSSR count). The Hall–Kier alpha value is -1.56. The van der Waals surface area contributed by atoms with Crippen molar-refractivity contribution in [3.63, 3.8) is 0 Å². The number of carbonyl (C=O) groups excluding carboxylic acids is 1. The second kappa shape index (κ2) is 8.58. The zero-order valence-corrected chi connectivity index (χ0v) is 11.4. The molecular weight excluding hydrogens is 269 g/mol. The SMILES string of the molecule is CCC(CNCCCF)Nc1cc(F)c(C=O)c(F)c1. The maximum absolute atomic E-state index is 13.4. The normalized spacial score (nSPS) is 12.2. The molecule has 2 N–H and O–H groups in total. The van der Waals surface area contributed by atoms with Crippen molar-refractivity contribution in [2.75, 3.05) is 25.1 Å². The highest BCUT2D eigenvalue weighted by molar-refractivity contribution is 5.76. The Morgan fingerprint density at radius 1 is 1.30 bits per heavy atom. The first kappa shape index (κ1) is 16.5. The second-order valence-electron chi connectivity index (χ2n) is 4.47. The van der Waals surface area contributed by atoms with Gasteiger partial charge in [-0.25, -0.2) is 8.78 Å². The topological polar surface area (TPSA) is 41.1 Å². The van der Waals surface area contributed by atoms with Gasteiger partial charge in [-0.05, 0) is 31.5 Å². The molecule has 0 fully saturated rings. The van der Waals surface area contributed by atoms with Gasteiger partial charge in [0.25, 0.3) is 0 Å². The molecule has 0 bridgehead atoms. The summed E-state index contributed by atoms with van der Waals surface area (Å²) in [7, 11) is 0. The van der Waals surface area contributed by atoms with E-state index in [0.29, 0.717) is 19.5 Å². The van der Waals surface area contributed by atoms with Crippen molar-refractivity contribution in [1.82, 2.24) is 5.32 Å². The molecule has 0 spiro atoms. The Morgan fingerprint density at radius 2 is 1.95 bits per heavy atom. The molecule has 1 aromatic rings. The summed E-state index contributed by atoms with van der Waals surface area (Å²) in [5, 5.41) is 6.05. The molecule has 6 heteroatoms. The maximum atomic E-state index is 13.4. The minimum Gasteiger partial charge on any atom is -0.381 e. The van der Waals surface area contributed by atoms with Crippen molar-refractivity contribution in [3.05, 3.63) is 29.3 Å². The Kier molecular flexibility index (Phi) is 7.08. The van der Waals surface area contributed by atoms with Crippen LogP contribution in [0.4, 0.5) is 18.9 Å². The Labute approximate surface area is 116 Å². The summed E-state index contributed by atoms with van der Waals surface area (Å²) in [6.45, 7) is 2.68. The highest BCUT2D eigenvalue weighted by Crippen LogP contribution is 2.18. The monoisotopic (exact) mass is 288 g/mol. The van der Waals surface area contributed by atoms with Crippen LogP contribution in [0.25, 0.3) is 0 Å². The number of nitrogens with one attached hydrogen (secondary N) is 2. The molecule has 0 aliphatic rings. The van der Waals surface area contributed by atoms with E-state index in [9.17, 15) is 18.0 Å². The molecule has 20 heavy (non-hydrogen) atoms. The van der Waals surface area contributed by atoms with Crippen molar-refractivity contribution in [3.8, 4) is 0 Å². The number of carbonyl (C=O) groups is 1. The largest absolute Gasteiger partial charge is 0.381 e. The van der Waals surface area contributed by atoms with Gasteiger partial charge in [0.05, 0.1) is 12.2 Å². The van der Waals surface area contributed by atoms with Crippen LogP contribution in [-0.4, -0.2) is 32.1 Å². The molecule has 3 nitrogen and oxygen atoms in total. The lowest BCUT2D eigenvalue weighted by Crippen LogP contribution is -2.33. The van der Waals surface area contributed by atoms with Crippen LogP contribution in [0.1, 0.15) is 30.1 Å². The molecule has 0 amide bonds. The fraction of sp³-hybridized carbons (Fsp3) is 0.500. The van der Waals surface area contributed by atoms with Gasteiger partial charge >= 0.3 is 0 Å². The number of hydrogen-bond acceptors (Lipinski definition) is 3. The van der Waals surface area contributed by atoms with E-state index in [1.165, 1.54) is 0 Å². The van der Waals surface area contributed by atoms with E-state index in [1.807, 2.05) is 6.92 Å². The molecule has 0 aliphatic heterocycles. The van der Waals surface area contributed by atoms with E-state index in [-0.39, 0.29) is 24.7 Å². The van der Waals surface area contributed by atoms with Gasteiger partial charge in [-0.1, -0.05) is 6.92 Å². The van der Waals surface area contributed by atoms with Crippen LogP contribution in [0.2, 0.25) is 0 Å². The summed E-state index contributed by atoms with van der Waals surface area (Å²) in [5.74, 6) is -1.77. The number of benzene rings is 1. The summed E-state index contributed by atoms with van der Waals surface area (Å²) in [6, 6.07) is 2.16. The number of aldehydes is 1. The zero-order valence-electron chi connectivity index (χ0n) is 11.4. The molecule has 1 unspecified atom stereocenters. The molecule has 0 aliphatic carbocycles. The summed E-state index contributed by atoms with van der Waals surface area (Å²) >= 11 is 0. The van der Waals surface area contributed by atoms with Crippen molar-refractivity contribution < 1.29 is 18.0 Å². The molecule has 0 aromatic heterocycles. The number of rotatable bonds is 9. The Balaban J connectivity index is 2.63. The van der Waals surface area contributed by atoms with Gasteiger partial charge in [0, 0.05) is 18.3 Å². The van der Waals surface area contributed by atoms with Gasteiger partial charge in [0.1, 0.15) is 11.6 Å². The van der Waals surface area contributed by atoms with Crippen molar-refractivity contribution in [2.45, 2.75) is 25.8 Å². The van der Waals surface area contributed by atoms with Gasteiger partial charge in [0.2, 0.25) is 0 Å². The lowest BCUT2D eigenvalue weighted by molar-refractivity contribution is 0.111. The van der Waals surface area contributed by atoms with Crippen molar-refractivity contribution >= 4 is 12.0 Å². The van der Waals surface area contributed by atoms with Gasteiger partial charge in [0.15, 0.2) is 6.29 Å². The molecule has 1 atom stereocenters. The van der Waals surface area contributed by atoms with Gasteiger partial charge in [-0.3, -0.25) is 9.18 Å². The molecule has 0 heterocycles. The van der Waals surface area contributed by atoms with Gasteiger partial charge in [-0.2, -0.15) is 0 Å². The average molecular weight is 288 g/mol. The minimum atomic E-state index is -0.886. The highest BCUT2D eigenvalue weighted by Gasteiger charge is 2.12. The molecular formula is C14H19F3N2O. The van der Waals surface area contributed by atoms with E-state index in [4.69, 9.17) is 0 Å². The molecule has 112 valence electrons. The van der Waals surface area contributed by atoms with Crippen LogP contribution in [0.3, 0.4) is 0 Å². The van der Waals surface area contributed by atoms with E-state index >= 15 is 0 Å². The highest BCUT2D eigenvalue weighted by atomic mass is 19.1. The molecule has 0 saturated carbocycles. The molecule has 0 radical (unpaired) electrons. The predicted molar refractivity (Wildman–Crippen MR) is 72.9 cm³/mol. The third-order valence-corrected chi connectivity index (χ3v) is 2.94. The smallest absolute Gasteiger partial charge is 0.155 e. The van der Waals surface area contributed by atoms with Crippen LogP contribution < -0.4 is 10.6 Å². The van der Waals surface area contributed by atoms with Crippen LogP contribution in [0.15, 0.2) is 12.1 Å². The summed E-state index contributed by atoms with van der Waals surface area (Å²) in [6.07, 6.45) is 1.33.